The molecule has 5 heteroatoms. The van der Waals surface area contributed by atoms with Crippen molar-refractivity contribution in [3.8, 4) is 0 Å². The molecule has 1 atom stereocenters. The second-order valence-electron chi connectivity index (χ2n) is 6.48. The van der Waals surface area contributed by atoms with Gasteiger partial charge in [-0.3, -0.25) is 9.69 Å². The van der Waals surface area contributed by atoms with Crippen LogP contribution < -0.4 is 4.90 Å². The van der Waals surface area contributed by atoms with Gasteiger partial charge in [0.25, 0.3) is 0 Å². The van der Waals surface area contributed by atoms with Crippen LogP contribution in [0, 0.1) is 0 Å². The third kappa shape index (κ3) is 3.57. The van der Waals surface area contributed by atoms with Crippen LogP contribution in [0.1, 0.15) is 25.3 Å². The van der Waals surface area contributed by atoms with Gasteiger partial charge in [0, 0.05) is 37.5 Å². The topological polar surface area (TPSA) is 53.0 Å². The van der Waals surface area contributed by atoms with Gasteiger partial charge in [-0.25, -0.2) is 0 Å². The summed E-state index contributed by atoms with van der Waals surface area (Å²) < 4.78 is 5.41. The van der Waals surface area contributed by atoms with Crippen molar-refractivity contribution in [3.05, 3.63) is 29.8 Å². The lowest BCUT2D eigenvalue weighted by Crippen LogP contribution is -2.48. The van der Waals surface area contributed by atoms with E-state index < -0.39 is 0 Å². The lowest BCUT2D eigenvalue weighted by Gasteiger charge is -2.35. The van der Waals surface area contributed by atoms with Crippen LogP contribution in [-0.4, -0.2) is 60.9 Å². The van der Waals surface area contributed by atoms with Crippen molar-refractivity contribution in [2.45, 2.75) is 38.3 Å². The number of aliphatic hydroxyl groups excluding tert-OH is 1. The Balaban J connectivity index is 1.71. The van der Waals surface area contributed by atoms with Gasteiger partial charge in [0.15, 0.2) is 0 Å². The molecule has 1 amide bonds. The normalized spacial score (nSPS) is 21.7. The molecule has 0 saturated carbocycles. The minimum atomic E-state index is 0.0801. The molecule has 2 aliphatic rings. The van der Waals surface area contributed by atoms with Gasteiger partial charge in [-0.15, -0.1) is 0 Å². The number of carbonyl (C=O) groups excluding carboxylic acids is 1. The molecule has 0 bridgehead atoms. The second-order valence-corrected chi connectivity index (χ2v) is 6.48. The molecule has 1 fully saturated rings. The standard InChI is InChI=1S/C18H26N2O3/c1-14-12-15-4-2-3-5-17(15)20(14)18(22)13-19(8-9-21)16-6-10-23-11-7-16/h2-5,14,16,21H,6-13H2,1H3. The van der Waals surface area contributed by atoms with Gasteiger partial charge < -0.3 is 14.7 Å². The van der Waals surface area contributed by atoms with E-state index in [9.17, 15) is 9.90 Å². The maximum absolute atomic E-state index is 12.9. The maximum atomic E-state index is 12.9. The Morgan fingerprint density at radius 1 is 1.35 bits per heavy atom. The zero-order valence-corrected chi connectivity index (χ0v) is 13.8. The number of anilines is 1. The van der Waals surface area contributed by atoms with Crippen LogP contribution in [0.4, 0.5) is 5.69 Å². The van der Waals surface area contributed by atoms with Crippen molar-refractivity contribution in [3.63, 3.8) is 0 Å². The molecule has 1 N–H and O–H groups in total. The molecule has 1 aromatic rings. The van der Waals surface area contributed by atoms with Gasteiger partial charge in [0.05, 0.1) is 13.2 Å². The van der Waals surface area contributed by atoms with Gasteiger partial charge in [-0.2, -0.15) is 0 Å². The summed E-state index contributed by atoms with van der Waals surface area (Å²) in [4.78, 5) is 17.0. The first-order chi connectivity index (χ1) is 11.2. The van der Waals surface area contributed by atoms with Crippen LogP contribution in [-0.2, 0) is 16.0 Å². The van der Waals surface area contributed by atoms with Crippen molar-refractivity contribution >= 4 is 11.6 Å². The van der Waals surface area contributed by atoms with Crippen molar-refractivity contribution in [2.24, 2.45) is 0 Å². The number of amides is 1. The fourth-order valence-electron chi connectivity index (χ4n) is 3.76. The Hall–Kier alpha value is -1.43. The Kier molecular flexibility index (Phi) is 5.30. The van der Waals surface area contributed by atoms with Crippen LogP contribution in [0.25, 0.3) is 0 Å². The summed E-state index contributed by atoms with van der Waals surface area (Å²) in [6, 6.07) is 8.67. The van der Waals surface area contributed by atoms with E-state index in [4.69, 9.17) is 4.74 Å². The number of ether oxygens (including phenoxy) is 1. The molecule has 5 nitrogen and oxygen atoms in total. The van der Waals surface area contributed by atoms with Gasteiger partial charge in [0.1, 0.15) is 0 Å². The molecule has 1 saturated heterocycles. The summed E-state index contributed by atoms with van der Waals surface area (Å²) >= 11 is 0. The van der Waals surface area contributed by atoms with Gasteiger partial charge >= 0.3 is 0 Å². The lowest BCUT2D eigenvalue weighted by atomic mass is 10.1. The molecule has 0 aromatic heterocycles. The van der Waals surface area contributed by atoms with E-state index in [-0.39, 0.29) is 18.6 Å². The third-order valence-electron chi connectivity index (χ3n) is 4.91. The minimum absolute atomic E-state index is 0.0801. The molecule has 0 aliphatic carbocycles. The Morgan fingerprint density at radius 2 is 2.09 bits per heavy atom. The van der Waals surface area contributed by atoms with E-state index >= 15 is 0 Å². The van der Waals surface area contributed by atoms with Crippen LogP contribution >= 0.6 is 0 Å². The SMILES string of the molecule is CC1Cc2ccccc2N1C(=O)CN(CCO)C1CCOCC1. The first-order valence-electron chi connectivity index (χ1n) is 8.53. The highest BCUT2D eigenvalue weighted by Crippen LogP contribution is 2.32. The van der Waals surface area contributed by atoms with Crippen LogP contribution in [0.15, 0.2) is 24.3 Å². The number of hydrogen-bond acceptors (Lipinski definition) is 4. The highest BCUT2D eigenvalue weighted by atomic mass is 16.5. The molecule has 0 spiro atoms. The van der Waals surface area contributed by atoms with Gasteiger partial charge in [0.2, 0.25) is 5.91 Å². The molecule has 1 unspecified atom stereocenters. The molecule has 0 radical (unpaired) electrons. The smallest absolute Gasteiger partial charge is 0.241 e. The Morgan fingerprint density at radius 3 is 2.83 bits per heavy atom. The molecule has 23 heavy (non-hydrogen) atoms. The van der Waals surface area contributed by atoms with Crippen molar-refractivity contribution in [1.29, 1.82) is 0 Å². The molecular formula is C18H26N2O3. The fraction of sp³-hybridized carbons (Fsp3) is 0.611. The number of benzene rings is 1. The number of fused-ring (bicyclic) bond motifs is 1. The zero-order chi connectivity index (χ0) is 16.2. The Bertz CT molecular complexity index is 543. The van der Waals surface area contributed by atoms with Gasteiger partial charge in [-0.05, 0) is 37.8 Å². The van der Waals surface area contributed by atoms with E-state index in [1.165, 1.54) is 5.56 Å². The maximum Gasteiger partial charge on any atom is 0.241 e. The average molecular weight is 318 g/mol. The molecule has 1 aromatic carbocycles. The summed E-state index contributed by atoms with van der Waals surface area (Å²) in [6.45, 7) is 4.57. The molecule has 3 rings (SSSR count). The minimum Gasteiger partial charge on any atom is -0.395 e. The van der Waals surface area contributed by atoms with E-state index in [2.05, 4.69) is 17.9 Å². The van der Waals surface area contributed by atoms with E-state index in [1.807, 2.05) is 23.1 Å². The molecular weight excluding hydrogens is 292 g/mol. The third-order valence-corrected chi connectivity index (χ3v) is 4.91. The predicted molar refractivity (Wildman–Crippen MR) is 89.6 cm³/mol. The van der Waals surface area contributed by atoms with E-state index in [0.717, 1.165) is 38.2 Å². The first-order valence-corrected chi connectivity index (χ1v) is 8.53. The fourth-order valence-corrected chi connectivity index (χ4v) is 3.76. The van der Waals surface area contributed by atoms with Crippen molar-refractivity contribution in [1.82, 2.24) is 4.90 Å². The summed E-state index contributed by atoms with van der Waals surface area (Å²) in [6.07, 6.45) is 2.78. The van der Waals surface area contributed by atoms with E-state index in [1.54, 1.807) is 0 Å². The Labute approximate surface area is 137 Å². The highest BCUT2D eigenvalue weighted by Gasteiger charge is 2.32. The predicted octanol–water partition coefficient (Wildman–Crippen LogP) is 1.44. The first kappa shape index (κ1) is 16.4. The number of carbonyl (C=O) groups is 1. The quantitative estimate of drug-likeness (QED) is 0.892. The number of rotatable bonds is 5. The number of nitrogens with zero attached hydrogens (tertiary/aromatic N) is 2. The highest BCUT2D eigenvalue weighted by molar-refractivity contribution is 5.97. The molecule has 2 heterocycles. The summed E-state index contributed by atoms with van der Waals surface area (Å²) in [7, 11) is 0. The van der Waals surface area contributed by atoms with Crippen LogP contribution in [0.3, 0.4) is 0 Å². The largest absolute Gasteiger partial charge is 0.395 e. The summed E-state index contributed by atoms with van der Waals surface area (Å²) in [5.74, 6) is 0.127. The summed E-state index contributed by atoms with van der Waals surface area (Å²) in [5.41, 5.74) is 2.29. The number of aliphatic hydroxyl groups is 1. The molecule has 126 valence electrons. The van der Waals surface area contributed by atoms with Crippen molar-refractivity contribution in [2.75, 3.05) is 37.8 Å². The second kappa shape index (κ2) is 7.43. The zero-order valence-electron chi connectivity index (χ0n) is 13.8. The van der Waals surface area contributed by atoms with Gasteiger partial charge in [-0.1, -0.05) is 18.2 Å². The number of para-hydroxylation sites is 1. The average Bonchev–Trinajstić information content (AvgIpc) is 2.91. The lowest BCUT2D eigenvalue weighted by molar-refractivity contribution is -0.121. The van der Waals surface area contributed by atoms with Crippen molar-refractivity contribution < 1.29 is 14.6 Å². The number of hydrogen-bond donors (Lipinski definition) is 1. The van der Waals surface area contributed by atoms with E-state index in [0.29, 0.717) is 19.1 Å². The summed E-state index contributed by atoms with van der Waals surface area (Å²) in [5, 5.41) is 9.36. The van der Waals surface area contributed by atoms with Crippen LogP contribution in [0.5, 0.6) is 0 Å². The monoisotopic (exact) mass is 318 g/mol. The molecule has 2 aliphatic heterocycles. The van der Waals surface area contributed by atoms with Crippen LogP contribution in [0.2, 0.25) is 0 Å².